The summed E-state index contributed by atoms with van der Waals surface area (Å²) in [6, 6.07) is 21.6. The summed E-state index contributed by atoms with van der Waals surface area (Å²) in [6.45, 7) is 0. The van der Waals surface area contributed by atoms with Gasteiger partial charge in [-0.1, -0.05) is 0 Å². The average Bonchev–Trinajstić information content (AvgIpc) is 3.81. The van der Waals surface area contributed by atoms with E-state index in [1.807, 2.05) is 54.6 Å². The summed E-state index contributed by atoms with van der Waals surface area (Å²) in [4.78, 5) is 0. The van der Waals surface area contributed by atoms with Crippen LogP contribution in [0, 0.1) is 0 Å². The van der Waals surface area contributed by atoms with Gasteiger partial charge in [0.15, 0.2) is 0 Å². The number of rotatable bonds is 4. The van der Waals surface area contributed by atoms with Crippen LogP contribution in [-0.2, 0) is 52.4 Å². The largest absolute Gasteiger partial charge is 1.00 e. The van der Waals surface area contributed by atoms with Gasteiger partial charge in [-0.15, -0.1) is 0 Å². The molecular formula is C43H24Cl2F12Zr. The van der Waals surface area contributed by atoms with Crippen molar-refractivity contribution in [2.75, 3.05) is 0 Å². The normalized spacial score (nSPS) is 13.8. The van der Waals surface area contributed by atoms with Gasteiger partial charge in [0.25, 0.3) is 0 Å². The molecule has 0 spiro atoms. The van der Waals surface area contributed by atoms with Crippen molar-refractivity contribution in [3.05, 3.63) is 172 Å². The average molecular weight is 931 g/mol. The molecule has 0 bridgehead atoms. The molecule has 0 nitrogen and oxygen atoms in total. The number of hydrogen-bond acceptors (Lipinski definition) is 0. The molecule has 2 aliphatic rings. The zero-order valence-electron chi connectivity index (χ0n) is 29.2. The molecule has 0 unspecified atom stereocenters. The Balaban J connectivity index is 0.00000283. The maximum absolute atomic E-state index is 14.4. The molecule has 0 saturated heterocycles. The van der Waals surface area contributed by atoms with Crippen LogP contribution in [0.2, 0.25) is 3.63 Å². The van der Waals surface area contributed by atoms with Gasteiger partial charge in [0.2, 0.25) is 0 Å². The van der Waals surface area contributed by atoms with Crippen LogP contribution in [0.15, 0.2) is 127 Å². The Morgan fingerprint density at radius 3 is 1.45 bits per heavy atom. The molecule has 0 radical (unpaired) electrons. The van der Waals surface area contributed by atoms with Crippen molar-refractivity contribution in [1.29, 1.82) is 0 Å². The Morgan fingerprint density at radius 2 is 0.948 bits per heavy atom. The van der Waals surface area contributed by atoms with E-state index in [9.17, 15) is 52.7 Å². The smallest absolute Gasteiger partial charge is 1.00 e. The SMILES string of the molecule is FC(F)(F)c1cc([C](c2cc(C(F)(F)F)cc(C(F)(F)F)c2)=[Zr+2]([c]2cccc3c2c2c(c4ccccc43)-c3ccccc3C2)[CH]2C=CC=C2)cc(C(F)(F)F)c1.[Cl-].[Cl-]. The maximum Gasteiger partial charge on any atom is -1.00 e. The fraction of sp³-hybridized carbons (Fsp3) is 0.140. The van der Waals surface area contributed by atoms with Crippen LogP contribution in [-0.4, -0.2) is 3.21 Å². The Labute approximate surface area is 342 Å². The summed E-state index contributed by atoms with van der Waals surface area (Å²) in [5.41, 5.74) is -4.97. The summed E-state index contributed by atoms with van der Waals surface area (Å²) in [7, 11) is 0. The quantitative estimate of drug-likeness (QED) is 0.131. The third-order valence-electron chi connectivity index (χ3n) is 10.2. The van der Waals surface area contributed by atoms with Gasteiger partial charge in [-0.25, -0.2) is 0 Å². The van der Waals surface area contributed by atoms with Gasteiger partial charge in [-0.2, -0.15) is 0 Å². The van der Waals surface area contributed by atoms with Crippen LogP contribution in [0.3, 0.4) is 0 Å². The Bertz CT molecular complexity index is 2530. The standard InChI is InChI=1S/C21H13.C17H6F12.C5H5.2ClH.Zr/c1-2-8-15-14(7-1)13-20-18-11-4-3-9-16(18)17-10-5-6-12-19(17)21(15)20;18-14(19,20)10-2-8(3-11(6-10)15(21,22)23)1-9-4-12(16(24,25)26)7-13(5-9)17(27,28)29;1-2-4-5-3-1;;;/h1-10,12H,13H2;2-7H;1-5H;2*1H;/q;;;;;+2/p-2. The molecule has 8 rings (SSSR count). The van der Waals surface area contributed by atoms with Crippen LogP contribution in [0.25, 0.3) is 32.7 Å². The molecule has 0 amide bonds. The molecule has 0 saturated carbocycles. The van der Waals surface area contributed by atoms with E-state index in [-0.39, 0.29) is 40.2 Å². The number of alkyl halides is 12. The number of fused-ring (bicyclic) bond motifs is 8. The third kappa shape index (κ3) is 7.82. The summed E-state index contributed by atoms with van der Waals surface area (Å²) in [6.07, 6.45) is -14.5. The van der Waals surface area contributed by atoms with Crippen molar-refractivity contribution in [1.82, 2.24) is 0 Å². The summed E-state index contributed by atoms with van der Waals surface area (Å²) in [5, 5.41) is 2.98. The van der Waals surface area contributed by atoms with Crippen LogP contribution >= 0.6 is 0 Å². The van der Waals surface area contributed by atoms with Crippen molar-refractivity contribution in [3.63, 3.8) is 0 Å². The maximum atomic E-state index is 14.4. The van der Waals surface area contributed by atoms with Crippen LogP contribution in [0.1, 0.15) is 44.5 Å². The number of benzene rings is 6. The van der Waals surface area contributed by atoms with E-state index in [1.54, 1.807) is 36.4 Å². The molecule has 0 aliphatic heterocycles. The molecule has 0 fully saturated rings. The van der Waals surface area contributed by atoms with E-state index in [4.69, 9.17) is 0 Å². The molecule has 15 heteroatoms. The second-order valence-corrected chi connectivity index (χ2v) is 19.9. The monoisotopic (exact) mass is 928 g/mol. The van der Waals surface area contributed by atoms with Crippen molar-refractivity contribution < 1.29 is 98.8 Å². The molecular weight excluding hydrogens is 907 g/mol. The van der Waals surface area contributed by atoms with Gasteiger partial charge in [0.1, 0.15) is 0 Å². The predicted molar refractivity (Wildman–Crippen MR) is 187 cm³/mol. The fourth-order valence-electron chi connectivity index (χ4n) is 7.92. The molecule has 6 aromatic rings. The molecule has 0 N–H and O–H groups in total. The molecule has 0 aromatic heterocycles. The van der Waals surface area contributed by atoms with Gasteiger partial charge in [0.05, 0.1) is 0 Å². The van der Waals surface area contributed by atoms with Crippen molar-refractivity contribution in [3.8, 4) is 11.1 Å². The minimum atomic E-state index is -5.35. The Morgan fingerprint density at radius 1 is 0.500 bits per heavy atom. The van der Waals surface area contributed by atoms with E-state index in [1.165, 1.54) is 0 Å². The molecule has 298 valence electrons. The van der Waals surface area contributed by atoms with E-state index >= 15 is 0 Å². The van der Waals surface area contributed by atoms with Gasteiger partial charge < -0.3 is 24.8 Å². The van der Waals surface area contributed by atoms with Crippen LogP contribution < -0.4 is 28.1 Å². The minimum absolute atomic E-state index is 0. The second-order valence-electron chi connectivity index (χ2n) is 13.6. The van der Waals surface area contributed by atoms with Gasteiger partial charge in [-0.05, 0) is 0 Å². The number of allylic oxidation sites excluding steroid dienone is 4. The fourth-order valence-corrected chi connectivity index (χ4v) is 16.1. The minimum Gasteiger partial charge on any atom is -1.00 e. The molecule has 0 heterocycles. The van der Waals surface area contributed by atoms with Gasteiger partial charge in [0, 0.05) is 0 Å². The second kappa shape index (κ2) is 15.4. The van der Waals surface area contributed by atoms with Crippen LogP contribution in [0.4, 0.5) is 52.7 Å². The van der Waals surface area contributed by atoms with Crippen molar-refractivity contribution >= 4 is 28.0 Å². The topological polar surface area (TPSA) is 0 Å². The Hall–Kier alpha value is -4.19. The first-order valence-electron chi connectivity index (χ1n) is 17.0. The zero-order chi connectivity index (χ0) is 39.9. The predicted octanol–water partition coefficient (Wildman–Crippen LogP) is 7.07. The molecule has 0 atom stereocenters. The summed E-state index contributed by atoms with van der Waals surface area (Å²) in [5.74, 6) is 0. The van der Waals surface area contributed by atoms with Crippen molar-refractivity contribution in [2.24, 2.45) is 0 Å². The van der Waals surface area contributed by atoms with Crippen LogP contribution in [0.5, 0.6) is 0 Å². The van der Waals surface area contributed by atoms with E-state index in [2.05, 4.69) is 0 Å². The van der Waals surface area contributed by atoms with Gasteiger partial charge in [-0.3, -0.25) is 0 Å². The first kappa shape index (κ1) is 43.4. The molecule has 6 aromatic carbocycles. The zero-order valence-corrected chi connectivity index (χ0v) is 33.2. The summed E-state index contributed by atoms with van der Waals surface area (Å²) >= 11 is -4.51. The van der Waals surface area contributed by atoms with E-state index < -0.39 is 83.0 Å². The van der Waals surface area contributed by atoms with Gasteiger partial charge >= 0.3 is 320 Å². The van der Waals surface area contributed by atoms with Crippen molar-refractivity contribution in [2.45, 2.75) is 34.8 Å². The number of hydrogen-bond donors (Lipinski definition) is 0. The molecule has 58 heavy (non-hydrogen) atoms. The molecule has 2 aliphatic carbocycles. The first-order valence-corrected chi connectivity index (χ1v) is 20.9. The van der Waals surface area contributed by atoms with E-state index in [0.717, 1.165) is 33.0 Å². The Kier molecular flexibility index (Phi) is 11.6. The van der Waals surface area contributed by atoms with E-state index in [0.29, 0.717) is 44.7 Å². The third-order valence-corrected chi connectivity index (χ3v) is 18.0. The summed E-state index contributed by atoms with van der Waals surface area (Å²) < 4.78 is 172. The number of halogens is 14. The first-order chi connectivity index (χ1) is 26.3.